The van der Waals surface area contributed by atoms with Crippen molar-refractivity contribution in [3.8, 4) is 23.0 Å². The minimum Gasteiger partial charge on any atom is -0.492 e. The van der Waals surface area contributed by atoms with Crippen LogP contribution in [0.5, 0.6) is 23.0 Å². The maximum absolute atomic E-state index is 12.9. The first-order chi connectivity index (χ1) is 15.8. The molecular formula is C22H25Cl2N3O6. The predicted molar refractivity (Wildman–Crippen MR) is 126 cm³/mol. The molecule has 178 valence electrons. The van der Waals surface area contributed by atoms with Gasteiger partial charge in [-0.2, -0.15) is 10.2 Å². The molecule has 2 rings (SSSR count). The third kappa shape index (κ3) is 6.49. The van der Waals surface area contributed by atoms with Crippen molar-refractivity contribution in [3.05, 3.63) is 34.3 Å². The first kappa shape index (κ1) is 26.2. The molecule has 0 radical (unpaired) electrons. The van der Waals surface area contributed by atoms with E-state index in [1.54, 1.807) is 13.8 Å². The Kier molecular flexibility index (Phi) is 9.74. The third-order valence-electron chi connectivity index (χ3n) is 4.26. The Labute approximate surface area is 202 Å². The summed E-state index contributed by atoms with van der Waals surface area (Å²) in [7, 11) is 2.84. The number of halogens is 2. The molecule has 0 aliphatic carbocycles. The molecule has 11 heteroatoms. The SMILES string of the molecule is CCOc1cc(NC(=O)C(N=Nc2ccc(Cl)c(OC)c2OC)C(C)=O)c(OCC)cc1Cl. The number of anilines is 1. The van der Waals surface area contributed by atoms with Gasteiger partial charge in [-0.1, -0.05) is 23.2 Å². The Hall–Kier alpha value is -3.04. The Morgan fingerprint density at radius 3 is 2.18 bits per heavy atom. The zero-order valence-corrected chi connectivity index (χ0v) is 20.4. The maximum Gasteiger partial charge on any atom is 0.258 e. The number of ketones is 1. The fourth-order valence-corrected chi connectivity index (χ4v) is 3.24. The number of carbonyl (C=O) groups excluding carboxylic acids is 2. The number of ether oxygens (including phenoxy) is 4. The number of carbonyl (C=O) groups is 2. The van der Waals surface area contributed by atoms with Crippen molar-refractivity contribution < 1.29 is 28.5 Å². The van der Waals surface area contributed by atoms with Crippen LogP contribution in [0, 0.1) is 0 Å². The zero-order chi connectivity index (χ0) is 24.5. The van der Waals surface area contributed by atoms with Crippen LogP contribution in [0.2, 0.25) is 10.0 Å². The van der Waals surface area contributed by atoms with Crippen LogP contribution in [0.25, 0.3) is 0 Å². The van der Waals surface area contributed by atoms with Crippen molar-refractivity contribution in [2.75, 3.05) is 32.8 Å². The first-order valence-electron chi connectivity index (χ1n) is 9.99. The van der Waals surface area contributed by atoms with Crippen LogP contribution >= 0.6 is 23.2 Å². The summed E-state index contributed by atoms with van der Waals surface area (Å²) < 4.78 is 21.5. The predicted octanol–water partition coefficient (Wildman–Crippen LogP) is 5.49. The minimum atomic E-state index is -1.43. The van der Waals surface area contributed by atoms with Crippen LogP contribution in [0.3, 0.4) is 0 Å². The lowest BCUT2D eigenvalue weighted by molar-refractivity contribution is -0.126. The minimum absolute atomic E-state index is 0.217. The lowest BCUT2D eigenvalue weighted by Gasteiger charge is -2.16. The van der Waals surface area contributed by atoms with E-state index in [2.05, 4.69) is 15.5 Å². The molecule has 0 bridgehead atoms. The van der Waals surface area contributed by atoms with Gasteiger partial charge in [0, 0.05) is 12.1 Å². The Morgan fingerprint density at radius 2 is 1.61 bits per heavy atom. The zero-order valence-electron chi connectivity index (χ0n) is 18.9. The van der Waals surface area contributed by atoms with Gasteiger partial charge in [-0.15, -0.1) is 0 Å². The van der Waals surface area contributed by atoms with Gasteiger partial charge in [0.15, 0.2) is 17.3 Å². The number of methoxy groups -OCH3 is 2. The summed E-state index contributed by atoms with van der Waals surface area (Å²) in [5.74, 6) is -0.0795. The highest BCUT2D eigenvalue weighted by molar-refractivity contribution is 6.32. The van der Waals surface area contributed by atoms with Gasteiger partial charge in [0.05, 0.1) is 43.2 Å². The number of azo groups is 1. The molecule has 1 N–H and O–H groups in total. The van der Waals surface area contributed by atoms with Crippen LogP contribution in [0.4, 0.5) is 11.4 Å². The van der Waals surface area contributed by atoms with Crippen LogP contribution in [-0.4, -0.2) is 45.2 Å². The van der Waals surface area contributed by atoms with Gasteiger partial charge in [0.25, 0.3) is 5.91 Å². The number of nitrogens with one attached hydrogen (secondary N) is 1. The molecule has 1 atom stereocenters. The van der Waals surface area contributed by atoms with Crippen LogP contribution < -0.4 is 24.3 Å². The van der Waals surface area contributed by atoms with Crippen LogP contribution in [0.1, 0.15) is 20.8 Å². The fourth-order valence-electron chi connectivity index (χ4n) is 2.81. The summed E-state index contributed by atoms with van der Waals surface area (Å²) in [5.41, 5.74) is 0.514. The molecule has 0 aliphatic heterocycles. The number of nitrogens with zero attached hydrogens (tertiary/aromatic N) is 2. The second kappa shape index (κ2) is 12.3. The lowest BCUT2D eigenvalue weighted by atomic mass is 10.2. The van der Waals surface area contributed by atoms with E-state index in [1.165, 1.54) is 45.4 Å². The lowest BCUT2D eigenvalue weighted by Crippen LogP contribution is -2.32. The number of hydrogen-bond donors (Lipinski definition) is 1. The van der Waals surface area contributed by atoms with E-state index in [0.29, 0.717) is 34.8 Å². The molecule has 0 aromatic heterocycles. The largest absolute Gasteiger partial charge is 0.492 e. The van der Waals surface area contributed by atoms with Crippen molar-refractivity contribution in [1.29, 1.82) is 0 Å². The van der Waals surface area contributed by atoms with Gasteiger partial charge >= 0.3 is 0 Å². The highest BCUT2D eigenvalue weighted by Gasteiger charge is 2.25. The summed E-state index contributed by atoms with van der Waals surface area (Å²) >= 11 is 12.3. The number of Topliss-reactive ketones (excluding diaryl/α,β-unsaturated/α-hetero) is 1. The van der Waals surface area contributed by atoms with E-state index in [-0.39, 0.29) is 22.9 Å². The molecule has 0 spiro atoms. The number of hydrogen-bond acceptors (Lipinski definition) is 8. The summed E-state index contributed by atoms with van der Waals surface area (Å²) in [6, 6.07) is 4.69. The van der Waals surface area contributed by atoms with Crippen LogP contribution in [0.15, 0.2) is 34.5 Å². The van der Waals surface area contributed by atoms with E-state index >= 15 is 0 Å². The highest BCUT2D eigenvalue weighted by Crippen LogP contribution is 2.42. The summed E-state index contributed by atoms with van der Waals surface area (Å²) in [5, 5.41) is 11.3. The van der Waals surface area contributed by atoms with Crippen molar-refractivity contribution in [2.24, 2.45) is 10.2 Å². The molecular weight excluding hydrogens is 473 g/mol. The summed E-state index contributed by atoms with van der Waals surface area (Å²) in [6.07, 6.45) is 0. The highest BCUT2D eigenvalue weighted by atomic mass is 35.5. The topological polar surface area (TPSA) is 108 Å². The Morgan fingerprint density at radius 1 is 0.970 bits per heavy atom. The molecule has 2 aromatic carbocycles. The van der Waals surface area contributed by atoms with Gasteiger partial charge in [0.1, 0.15) is 17.2 Å². The second-order valence-electron chi connectivity index (χ2n) is 6.50. The third-order valence-corrected chi connectivity index (χ3v) is 4.85. The van der Waals surface area contributed by atoms with Crippen LogP contribution in [-0.2, 0) is 9.59 Å². The number of benzene rings is 2. The van der Waals surface area contributed by atoms with E-state index < -0.39 is 17.7 Å². The fraction of sp³-hybridized carbons (Fsp3) is 0.364. The maximum atomic E-state index is 12.9. The van der Waals surface area contributed by atoms with E-state index in [4.69, 9.17) is 42.1 Å². The van der Waals surface area contributed by atoms with Gasteiger partial charge in [0.2, 0.25) is 6.04 Å². The molecule has 0 aliphatic rings. The van der Waals surface area contributed by atoms with Gasteiger partial charge in [-0.05, 0) is 32.9 Å². The van der Waals surface area contributed by atoms with E-state index in [1.807, 2.05) is 0 Å². The molecule has 0 saturated heterocycles. The average molecular weight is 498 g/mol. The molecule has 0 heterocycles. The molecule has 1 amide bonds. The quantitative estimate of drug-likeness (QED) is 0.324. The monoisotopic (exact) mass is 497 g/mol. The van der Waals surface area contributed by atoms with Crippen molar-refractivity contribution >= 4 is 46.3 Å². The molecule has 0 fully saturated rings. The van der Waals surface area contributed by atoms with E-state index in [9.17, 15) is 9.59 Å². The number of amides is 1. The first-order valence-corrected chi connectivity index (χ1v) is 10.7. The molecule has 0 saturated carbocycles. The second-order valence-corrected chi connectivity index (χ2v) is 7.31. The van der Waals surface area contributed by atoms with Crippen molar-refractivity contribution in [1.82, 2.24) is 0 Å². The molecule has 1 unspecified atom stereocenters. The summed E-state index contributed by atoms with van der Waals surface area (Å²) in [6.45, 7) is 5.53. The molecule has 2 aromatic rings. The average Bonchev–Trinajstić information content (AvgIpc) is 2.77. The van der Waals surface area contributed by atoms with Gasteiger partial charge in [-0.3, -0.25) is 9.59 Å². The van der Waals surface area contributed by atoms with Crippen molar-refractivity contribution in [3.63, 3.8) is 0 Å². The molecule has 9 nitrogen and oxygen atoms in total. The standard InChI is InChI=1S/C22H25Cl2N3O6/c1-6-32-17-11-16(18(33-7-2)10-14(17)24)25-22(29)19(12(3)28)27-26-15-9-8-13(23)20(30-4)21(15)31-5/h8-11,19H,6-7H2,1-5H3,(H,25,29). The van der Waals surface area contributed by atoms with Gasteiger partial charge < -0.3 is 24.3 Å². The smallest absolute Gasteiger partial charge is 0.258 e. The number of rotatable bonds is 11. The van der Waals surface area contributed by atoms with Gasteiger partial charge in [-0.25, -0.2) is 0 Å². The van der Waals surface area contributed by atoms with E-state index in [0.717, 1.165) is 0 Å². The molecule has 33 heavy (non-hydrogen) atoms. The Bertz CT molecular complexity index is 1050. The van der Waals surface area contributed by atoms with Crippen molar-refractivity contribution in [2.45, 2.75) is 26.8 Å². The normalized spacial score (nSPS) is 11.7. The Balaban J connectivity index is 2.37. The summed E-state index contributed by atoms with van der Waals surface area (Å²) in [4.78, 5) is 25.1.